The van der Waals surface area contributed by atoms with Crippen molar-refractivity contribution in [2.24, 2.45) is 17.8 Å². The normalized spacial score (nSPS) is 29.4. The summed E-state index contributed by atoms with van der Waals surface area (Å²) in [6, 6.07) is 4.48. The van der Waals surface area contributed by atoms with Gasteiger partial charge in [-0.15, -0.1) is 24.9 Å². The number of aliphatic hydroxyl groups excluding tert-OH is 1. The summed E-state index contributed by atoms with van der Waals surface area (Å²) in [6.07, 6.45) is 5.45. The number of aliphatic hydroxyl groups is 1. The Hall–Kier alpha value is -2.10. The molecule has 3 saturated heterocycles. The highest BCUT2D eigenvalue weighted by molar-refractivity contribution is 9.09. The molecule has 40 heavy (non-hydrogen) atoms. The van der Waals surface area contributed by atoms with Crippen LogP contribution in [0, 0.1) is 31.6 Å². The van der Waals surface area contributed by atoms with Gasteiger partial charge in [-0.25, -0.2) is 0 Å². The quantitative estimate of drug-likeness (QED) is 0.154. The highest BCUT2D eigenvalue weighted by atomic mass is 79.9. The molecule has 3 aliphatic rings. The molecule has 2 amide bonds. The number of para-hydroxylation sites is 1. The number of likely N-dealkylation sites (tertiary alicyclic amines) is 1. The van der Waals surface area contributed by atoms with Crippen LogP contribution in [0.3, 0.4) is 0 Å². The fourth-order valence-corrected chi connectivity index (χ4v) is 10.5. The second-order valence-electron chi connectivity index (χ2n) is 11.5. The molecular formula is C31H41BrN2O5S. The minimum atomic E-state index is -0.850. The molecular weight excluding hydrogens is 592 g/mol. The Bertz CT molecular complexity index is 1150. The van der Waals surface area contributed by atoms with Gasteiger partial charge in [0.25, 0.3) is 5.91 Å². The van der Waals surface area contributed by atoms with E-state index in [1.165, 1.54) is 0 Å². The lowest BCUT2D eigenvalue weighted by atomic mass is 9.71. The van der Waals surface area contributed by atoms with Crippen LogP contribution in [0.25, 0.3) is 0 Å². The van der Waals surface area contributed by atoms with Crippen LogP contribution in [0.1, 0.15) is 44.2 Å². The van der Waals surface area contributed by atoms with Gasteiger partial charge in [0.15, 0.2) is 0 Å². The Morgan fingerprint density at radius 1 is 1.27 bits per heavy atom. The zero-order valence-corrected chi connectivity index (χ0v) is 26.2. The number of hydrogen-bond acceptors (Lipinski definition) is 6. The lowest BCUT2D eigenvalue weighted by Gasteiger charge is -2.41. The molecule has 7 atom stereocenters. The lowest BCUT2D eigenvalue weighted by Crippen LogP contribution is -2.59. The van der Waals surface area contributed by atoms with E-state index in [1.807, 2.05) is 45.9 Å². The molecule has 1 spiro atoms. The predicted molar refractivity (Wildman–Crippen MR) is 164 cm³/mol. The van der Waals surface area contributed by atoms with Crippen molar-refractivity contribution in [1.29, 1.82) is 0 Å². The number of rotatable bonds is 12. The zero-order valence-electron chi connectivity index (χ0n) is 23.8. The van der Waals surface area contributed by atoms with Crippen LogP contribution < -0.4 is 4.90 Å². The molecule has 3 heterocycles. The molecule has 0 aromatic heterocycles. The van der Waals surface area contributed by atoms with E-state index >= 15 is 0 Å². The van der Waals surface area contributed by atoms with Crippen LogP contribution >= 0.6 is 27.7 Å². The van der Waals surface area contributed by atoms with Crippen molar-refractivity contribution >= 4 is 51.2 Å². The molecule has 0 radical (unpaired) electrons. The maximum absolute atomic E-state index is 14.8. The van der Waals surface area contributed by atoms with Crippen molar-refractivity contribution in [3.63, 3.8) is 0 Å². The van der Waals surface area contributed by atoms with Crippen LogP contribution in [0.2, 0.25) is 0 Å². The summed E-state index contributed by atoms with van der Waals surface area (Å²) in [4.78, 5) is 46.1. The number of allylic oxidation sites excluding steroid dienone is 1. The molecule has 1 aromatic rings. The zero-order chi connectivity index (χ0) is 29.4. The van der Waals surface area contributed by atoms with Crippen LogP contribution in [0.5, 0.6) is 0 Å². The summed E-state index contributed by atoms with van der Waals surface area (Å²) in [6.45, 7) is 15.7. The number of amides is 2. The molecule has 3 aliphatic heterocycles. The first kappa shape index (κ1) is 30.8. The molecule has 7 nitrogen and oxygen atoms in total. The first-order valence-corrected chi connectivity index (χ1v) is 15.9. The third-order valence-corrected chi connectivity index (χ3v) is 11.9. The number of unbranched alkanes of at least 4 members (excludes halogenated alkanes) is 1. The van der Waals surface area contributed by atoms with Gasteiger partial charge in [0.1, 0.15) is 6.04 Å². The fraction of sp³-hybridized carbons (Fsp3) is 0.581. The minimum Gasteiger partial charge on any atom is -0.465 e. The second kappa shape index (κ2) is 12.4. The van der Waals surface area contributed by atoms with Crippen LogP contribution in [-0.2, 0) is 19.1 Å². The van der Waals surface area contributed by atoms with Gasteiger partial charge in [-0.1, -0.05) is 60.1 Å². The average molecular weight is 634 g/mol. The van der Waals surface area contributed by atoms with Crippen LogP contribution in [-0.4, -0.2) is 74.5 Å². The van der Waals surface area contributed by atoms with Gasteiger partial charge in [-0.3, -0.25) is 14.4 Å². The number of anilines is 1. The number of nitrogens with zero attached hydrogens (tertiary/aromatic N) is 2. The third kappa shape index (κ3) is 5.07. The monoisotopic (exact) mass is 632 g/mol. The predicted octanol–water partition coefficient (Wildman–Crippen LogP) is 4.81. The van der Waals surface area contributed by atoms with E-state index in [2.05, 4.69) is 29.1 Å². The van der Waals surface area contributed by atoms with E-state index in [0.29, 0.717) is 12.8 Å². The van der Waals surface area contributed by atoms with Gasteiger partial charge >= 0.3 is 5.97 Å². The summed E-state index contributed by atoms with van der Waals surface area (Å²) in [5, 5.41) is 10.3. The second-order valence-corrected chi connectivity index (χ2v) is 14.2. The molecule has 1 aromatic carbocycles. The van der Waals surface area contributed by atoms with Crippen LogP contribution in [0.15, 0.2) is 43.5 Å². The number of carbonyl (C=O) groups excluding carboxylic acids is 3. The topological polar surface area (TPSA) is 87.2 Å². The van der Waals surface area contributed by atoms with Crippen molar-refractivity contribution in [2.45, 2.75) is 73.9 Å². The smallest absolute Gasteiger partial charge is 0.310 e. The van der Waals surface area contributed by atoms with Crippen molar-refractivity contribution < 1.29 is 24.2 Å². The Balaban J connectivity index is 1.82. The number of thioether (sulfide) groups is 1. The number of ether oxygens (including phenoxy) is 1. The number of benzene rings is 1. The molecule has 0 saturated carbocycles. The summed E-state index contributed by atoms with van der Waals surface area (Å²) in [5.41, 5.74) is 2.70. The number of fused-ring (bicyclic) bond motifs is 1. The van der Waals surface area contributed by atoms with E-state index in [-0.39, 0.29) is 53.5 Å². The fourth-order valence-electron chi connectivity index (χ4n) is 6.89. The van der Waals surface area contributed by atoms with Gasteiger partial charge in [0, 0.05) is 22.3 Å². The largest absolute Gasteiger partial charge is 0.465 e. The van der Waals surface area contributed by atoms with Gasteiger partial charge in [-0.2, -0.15) is 0 Å². The lowest BCUT2D eigenvalue weighted by molar-refractivity contribution is -0.154. The highest BCUT2D eigenvalue weighted by Gasteiger charge is 2.76. The number of carbonyl (C=O) groups is 3. The first-order chi connectivity index (χ1) is 19.0. The molecule has 218 valence electrons. The van der Waals surface area contributed by atoms with E-state index < -0.39 is 28.7 Å². The van der Waals surface area contributed by atoms with Gasteiger partial charge < -0.3 is 19.6 Å². The van der Waals surface area contributed by atoms with E-state index in [4.69, 9.17) is 4.74 Å². The van der Waals surface area contributed by atoms with Crippen molar-refractivity contribution in [2.75, 3.05) is 24.7 Å². The summed E-state index contributed by atoms with van der Waals surface area (Å²) in [5.74, 6) is -2.30. The summed E-state index contributed by atoms with van der Waals surface area (Å²) < 4.78 is 4.86. The number of hydrogen-bond donors (Lipinski definition) is 1. The summed E-state index contributed by atoms with van der Waals surface area (Å²) in [7, 11) is 0. The molecule has 9 heteroatoms. The van der Waals surface area contributed by atoms with Gasteiger partial charge in [-0.05, 0) is 50.2 Å². The molecule has 2 bridgehead atoms. The summed E-state index contributed by atoms with van der Waals surface area (Å²) >= 11 is 5.38. The Labute approximate surface area is 250 Å². The molecule has 1 N–H and O–H groups in total. The molecule has 4 rings (SSSR count). The Morgan fingerprint density at radius 3 is 2.52 bits per heavy atom. The van der Waals surface area contributed by atoms with E-state index in [1.54, 1.807) is 33.7 Å². The molecule has 3 fully saturated rings. The Morgan fingerprint density at radius 2 is 1.95 bits per heavy atom. The number of alkyl halides is 1. The van der Waals surface area contributed by atoms with Gasteiger partial charge in [0.05, 0.1) is 35.8 Å². The van der Waals surface area contributed by atoms with E-state index in [9.17, 15) is 19.5 Å². The first-order valence-electron chi connectivity index (χ1n) is 14.1. The van der Waals surface area contributed by atoms with Gasteiger partial charge in [0.2, 0.25) is 5.91 Å². The van der Waals surface area contributed by atoms with Crippen molar-refractivity contribution in [3.8, 4) is 0 Å². The Kier molecular flexibility index (Phi) is 9.57. The molecule has 0 aliphatic carbocycles. The minimum absolute atomic E-state index is 0.0535. The molecule has 3 unspecified atom stereocenters. The maximum atomic E-state index is 14.8. The number of esters is 1. The maximum Gasteiger partial charge on any atom is 0.310 e. The van der Waals surface area contributed by atoms with Crippen molar-refractivity contribution in [3.05, 3.63) is 54.6 Å². The average Bonchev–Trinajstić information content (AvgIpc) is 3.49. The van der Waals surface area contributed by atoms with Crippen molar-refractivity contribution in [1.82, 2.24) is 4.90 Å². The third-order valence-electron chi connectivity index (χ3n) is 8.63. The SMILES string of the molecule is C=CCCCOC(=O)[C@H]1[C@@H]2SC3(CC2Br)C(C(=O)N(CC=C)c2c(C)cccc2C)N([C@@H](CO)C(C)C)C(=O)[C@H]13. The number of aryl methyl sites for hydroxylation is 2. The standard InChI is InChI=1S/C31H41BrN2O5S/c1-7-9-10-15-39-30(38)23-24-28(36)34(22(17-35)18(3)4)27(31(24)16-21(32)26(23)40-31)29(37)33(14-8-2)25-19(5)12-11-13-20(25)6/h7-8,11-13,18,21-24,26-27,35H,1-2,9-10,14-17H2,3-6H3/t21?,22-,23+,24-,26+,27?,31?/m0/s1. The van der Waals surface area contributed by atoms with E-state index in [0.717, 1.165) is 23.2 Å². The highest BCUT2D eigenvalue weighted by Crippen LogP contribution is 2.68. The van der Waals surface area contributed by atoms with Crippen LogP contribution in [0.4, 0.5) is 5.69 Å². The number of halogens is 1.